The molecule has 2 fully saturated rings. The van der Waals surface area contributed by atoms with Gasteiger partial charge < -0.3 is 39.9 Å². The number of fused-ring (bicyclic) bond motifs is 2. The maximum absolute atomic E-state index is 12.7. The molecule has 5 N–H and O–H groups in total. The summed E-state index contributed by atoms with van der Waals surface area (Å²) < 4.78 is 11.6. The highest BCUT2D eigenvalue weighted by Crippen LogP contribution is 2.64. The molecule has 2 bridgehead atoms. The van der Waals surface area contributed by atoms with Crippen molar-refractivity contribution in [2.24, 2.45) is 0 Å². The molecule has 0 aromatic heterocycles. The Bertz CT molecular complexity index is 2250. The maximum atomic E-state index is 12.7. The number of ether oxygens (including phenoxy) is 2. The number of hydrogen-bond donors (Lipinski definition) is 5. The minimum absolute atomic E-state index is 0.0407. The number of aromatic hydroxyl groups is 2. The van der Waals surface area contributed by atoms with Gasteiger partial charge in [0.25, 0.3) is 0 Å². The Balaban J connectivity index is 0.000000152. The summed E-state index contributed by atoms with van der Waals surface area (Å²) in [5, 5.41) is 54.5. The van der Waals surface area contributed by atoms with E-state index in [0.29, 0.717) is 57.0 Å². The lowest BCUT2D eigenvalue weighted by atomic mass is 9.49. The normalized spacial score (nSPS) is 24.1. The van der Waals surface area contributed by atoms with Crippen LogP contribution in [0, 0.1) is 0 Å². The van der Waals surface area contributed by atoms with E-state index >= 15 is 0 Å². The summed E-state index contributed by atoms with van der Waals surface area (Å²) in [4.78, 5) is 38.1. The van der Waals surface area contributed by atoms with Gasteiger partial charge in [-0.25, -0.2) is 9.59 Å². The number of hydrogen-bond acceptors (Lipinski definition) is 9. The van der Waals surface area contributed by atoms with Crippen LogP contribution < -0.4 is 9.47 Å². The number of carbonyl (C=O) groups is 3. The lowest BCUT2D eigenvalue weighted by Gasteiger charge is -2.62. The van der Waals surface area contributed by atoms with Crippen LogP contribution in [0.25, 0.3) is 21.5 Å². The maximum Gasteiger partial charge on any atom is 0.339 e. The number of ketones is 1. The first kappa shape index (κ1) is 33.5. The summed E-state index contributed by atoms with van der Waals surface area (Å²) in [5.74, 6) is -1.89. The van der Waals surface area contributed by atoms with E-state index in [2.05, 4.69) is 18.0 Å². The van der Waals surface area contributed by atoms with Crippen molar-refractivity contribution in [3.63, 3.8) is 0 Å². The second-order valence-electron chi connectivity index (χ2n) is 14.2. The molecule has 9 rings (SSSR count). The van der Waals surface area contributed by atoms with Gasteiger partial charge in [0.05, 0.1) is 18.1 Å². The second-order valence-corrected chi connectivity index (χ2v) is 14.2. The predicted molar refractivity (Wildman–Crippen MR) is 191 cm³/mol. The molecule has 52 heavy (non-hydrogen) atoms. The molecule has 4 aliphatic rings. The van der Waals surface area contributed by atoms with Gasteiger partial charge in [0.2, 0.25) is 0 Å². The number of rotatable bonds is 5. The number of likely N-dealkylation sites (tertiary alicyclic amines) is 1. The molecule has 5 aromatic rings. The number of methoxy groups -OCH3 is 1. The summed E-state index contributed by atoms with van der Waals surface area (Å²) in [6.07, 6.45) is 1.85. The van der Waals surface area contributed by atoms with Crippen molar-refractivity contribution in [2.75, 3.05) is 20.7 Å². The summed E-state index contributed by atoms with van der Waals surface area (Å²) in [7, 11) is 3.70. The van der Waals surface area contributed by atoms with E-state index in [9.17, 15) is 39.9 Å². The van der Waals surface area contributed by atoms with Gasteiger partial charge in [0, 0.05) is 35.6 Å². The number of carbonyl (C=O) groups excluding carboxylic acids is 1. The molecule has 266 valence electrons. The Morgan fingerprint density at radius 2 is 1.46 bits per heavy atom. The van der Waals surface area contributed by atoms with Crippen LogP contribution in [-0.2, 0) is 23.1 Å². The third-order valence-electron chi connectivity index (χ3n) is 11.8. The zero-order valence-corrected chi connectivity index (χ0v) is 28.6. The standard InChI is InChI=1S/C23H16O6.C18H21NO4/c24-20-16(14-7-3-1-5-12(14)9-18(20)22(26)27)11-17-15-8-4-2-6-13(15)10-19(21(17)25)23(28)29;1-19-8-7-17-14-10-3-4-12(22-2)15(14)23-16(17)11(20)5-6-18(17,21)13(19)9-10/h1-10,24-25H,11H2,(H,26,27)(H,28,29);3-4,13,16,21H,5-9H2,1-2H3/t;13-,16+,17+,18-/m.1/s1. The molecule has 4 atom stereocenters. The molecule has 2 heterocycles. The Morgan fingerprint density at radius 3 is 2.02 bits per heavy atom. The van der Waals surface area contributed by atoms with Crippen LogP contribution in [0.5, 0.6) is 23.0 Å². The van der Waals surface area contributed by atoms with Crippen molar-refractivity contribution in [2.45, 2.75) is 55.3 Å². The lowest BCUT2D eigenvalue weighted by Crippen LogP contribution is -2.76. The topological polar surface area (TPSA) is 174 Å². The summed E-state index contributed by atoms with van der Waals surface area (Å²) in [6, 6.07) is 20.8. The van der Waals surface area contributed by atoms with Gasteiger partial charge in [-0.15, -0.1) is 0 Å². The molecule has 11 nitrogen and oxygen atoms in total. The number of piperidine rings is 1. The zero-order chi connectivity index (χ0) is 36.7. The smallest absolute Gasteiger partial charge is 0.339 e. The van der Waals surface area contributed by atoms with Crippen LogP contribution in [0.2, 0.25) is 0 Å². The third-order valence-corrected chi connectivity index (χ3v) is 11.8. The van der Waals surface area contributed by atoms with E-state index in [4.69, 9.17) is 9.47 Å². The van der Waals surface area contributed by atoms with E-state index in [-0.39, 0.29) is 29.4 Å². The average molecular weight is 704 g/mol. The number of aliphatic hydroxyl groups is 1. The number of carboxylic acids is 2. The highest BCUT2D eigenvalue weighted by atomic mass is 16.5. The summed E-state index contributed by atoms with van der Waals surface area (Å²) in [5.41, 5.74) is 0.849. The Hall–Kier alpha value is -5.65. The summed E-state index contributed by atoms with van der Waals surface area (Å²) >= 11 is 0. The largest absolute Gasteiger partial charge is 0.507 e. The minimum atomic E-state index is -1.28. The molecule has 0 unspecified atom stereocenters. The number of nitrogens with zero attached hydrogens (tertiary/aromatic N) is 1. The van der Waals surface area contributed by atoms with Crippen LogP contribution >= 0.6 is 0 Å². The molecular formula is C41H37NO10. The van der Waals surface area contributed by atoms with Crippen molar-refractivity contribution in [1.82, 2.24) is 4.90 Å². The van der Waals surface area contributed by atoms with E-state index in [0.717, 1.165) is 24.9 Å². The van der Waals surface area contributed by atoms with Gasteiger partial charge in [-0.1, -0.05) is 54.6 Å². The minimum Gasteiger partial charge on any atom is -0.507 e. The fraction of sp³-hybridized carbons (Fsp3) is 0.293. The van der Waals surface area contributed by atoms with Crippen molar-refractivity contribution < 1.29 is 49.4 Å². The van der Waals surface area contributed by atoms with Crippen LogP contribution in [-0.4, -0.2) is 86.6 Å². The SMILES string of the molecule is COc1ccc2c3c1O[C@H]1C(=O)CC[C@@]4(O)[C@@H](C2)N(C)CC[C@]314.O=C(O)c1cc2ccccc2c(Cc2c(O)c(C(=O)O)cc3ccccc23)c1O. The summed E-state index contributed by atoms with van der Waals surface area (Å²) in [6.45, 7) is 0.871. The van der Waals surface area contributed by atoms with Gasteiger partial charge >= 0.3 is 11.9 Å². The van der Waals surface area contributed by atoms with E-state index in [1.54, 1.807) is 55.6 Å². The molecule has 2 aliphatic heterocycles. The van der Waals surface area contributed by atoms with Crippen molar-refractivity contribution >= 4 is 39.3 Å². The Morgan fingerprint density at radius 1 is 0.885 bits per heavy atom. The third kappa shape index (κ3) is 4.62. The molecule has 1 saturated heterocycles. The van der Waals surface area contributed by atoms with Gasteiger partial charge in [0.15, 0.2) is 23.4 Å². The number of Topliss-reactive ketones (excluding diaryl/α,β-unsaturated/α-hetero) is 1. The average Bonchev–Trinajstić information content (AvgIpc) is 3.49. The van der Waals surface area contributed by atoms with Crippen molar-refractivity contribution in [1.29, 1.82) is 0 Å². The molecule has 1 saturated carbocycles. The highest BCUT2D eigenvalue weighted by Gasteiger charge is 2.72. The number of benzene rings is 5. The molecule has 2 aliphatic carbocycles. The highest BCUT2D eigenvalue weighted by molar-refractivity contribution is 6.02. The number of aromatic carboxylic acids is 2. The van der Waals surface area contributed by atoms with E-state index in [1.165, 1.54) is 17.7 Å². The van der Waals surface area contributed by atoms with E-state index < -0.39 is 40.6 Å². The first-order chi connectivity index (χ1) is 24.9. The van der Waals surface area contributed by atoms with Gasteiger partial charge in [-0.2, -0.15) is 0 Å². The molecule has 0 radical (unpaired) electrons. The molecule has 5 aromatic carbocycles. The molecule has 11 heteroatoms. The second kappa shape index (κ2) is 12.0. The van der Waals surface area contributed by atoms with Crippen LogP contribution in [0.1, 0.15) is 62.2 Å². The molecular weight excluding hydrogens is 666 g/mol. The molecule has 0 amide bonds. The fourth-order valence-corrected chi connectivity index (χ4v) is 9.37. The number of phenols is 2. The number of carboxylic acid groups (broad SMARTS) is 2. The monoisotopic (exact) mass is 703 g/mol. The van der Waals surface area contributed by atoms with Gasteiger partial charge in [0.1, 0.15) is 22.6 Å². The quantitative estimate of drug-likeness (QED) is 0.158. The van der Waals surface area contributed by atoms with Crippen LogP contribution in [0.3, 0.4) is 0 Å². The Labute approximate surface area is 298 Å². The van der Waals surface area contributed by atoms with Crippen molar-refractivity contribution in [3.8, 4) is 23.0 Å². The number of likely N-dealkylation sites (N-methyl/N-ethyl adjacent to an activating group) is 1. The fourth-order valence-electron chi connectivity index (χ4n) is 9.37. The van der Waals surface area contributed by atoms with Gasteiger partial charge in [-0.3, -0.25) is 4.79 Å². The lowest BCUT2D eigenvalue weighted by molar-refractivity contribution is -0.185. The predicted octanol–water partition coefficient (Wildman–Crippen LogP) is 5.44. The first-order valence-corrected chi connectivity index (χ1v) is 17.2. The first-order valence-electron chi connectivity index (χ1n) is 17.2. The van der Waals surface area contributed by atoms with E-state index in [1.807, 2.05) is 6.07 Å². The zero-order valence-electron chi connectivity index (χ0n) is 28.6. The van der Waals surface area contributed by atoms with Crippen molar-refractivity contribution in [3.05, 3.63) is 106 Å². The Kier molecular flexibility index (Phi) is 7.70. The molecule has 1 spiro atoms. The van der Waals surface area contributed by atoms with Gasteiger partial charge in [-0.05, 0) is 78.2 Å². The van der Waals surface area contributed by atoms with Crippen LogP contribution in [0.15, 0.2) is 72.8 Å². The van der Waals surface area contributed by atoms with Crippen LogP contribution in [0.4, 0.5) is 0 Å².